The van der Waals surface area contributed by atoms with Gasteiger partial charge in [-0.2, -0.15) is 0 Å². The molecule has 1 aromatic rings. The molecule has 0 aliphatic carbocycles. The smallest absolute Gasteiger partial charge is 0.386 e. The van der Waals surface area contributed by atoms with Crippen molar-refractivity contribution in [3.8, 4) is 23.9 Å². The van der Waals surface area contributed by atoms with E-state index in [2.05, 4.69) is 18.0 Å². The van der Waals surface area contributed by atoms with Crippen LogP contribution in [-0.2, 0) is 4.43 Å². The second-order valence-corrected chi connectivity index (χ2v) is 6.34. The predicted molar refractivity (Wildman–Crippen MR) is 70.4 cm³/mol. The number of hydrogen-bond acceptors (Lipinski definition) is 1. The Hall–Kier alpha value is -1.48. The van der Waals surface area contributed by atoms with Crippen molar-refractivity contribution in [2.45, 2.75) is 19.8 Å². The minimum Gasteiger partial charge on any atom is -0.393 e. The monoisotopic (exact) mass is 228 g/mol. The molecule has 0 atom stereocenters. The van der Waals surface area contributed by atoms with E-state index in [4.69, 9.17) is 17.3 Å². The molecule has 0 aliphatic heterocycles. The Labute approximate surface area is 99.0 Å². The van der Waals surface area contributed by atoms with Gasteiger partial charge in [0.2, 0.25) is 0 Å². The third-order valence-corrected chi connectivity index (χ3v) is 5.00. The molecule has 0 saturated carbocycles. The van der Waals surface area contributed by atoms with E-state index in [1.165, 1.54) is 0 Å². The molecule has 0 unspecified atom stereocenters. The zero-order valence-corrected chi connectivity index (χ0v) is 10.6. The Morgan fingerprint density at radius 2 is 1.81 bits per heavy atom. The topological polar surface area (TPSA) is 9.23 Å². The number of rotatable bonds is 5. The third-order valence-electron chi connectivity index (χ3n) is 2.40. The van der Waals surface area contributed by atoms with E-state index in [0.717, 1.165) is 18.0 Å². The van der Waals surface area contributed by atoms with Crippen LogP contribution in [0.3, 0.4) is 0 Å². The minimum atomic E-state index is -2.60. The van der Waals surface area contributed by atoms with Gasteiger partial charge in [0.1, 0.15) is 0 Å². The highest BCUT2D eigenvalue weighted by Crippen LogP contribution is 2.05. The summed E-state index contributed by atoms with van der Waals surface area (Å²) in [6, 6.07) is 9.74. The van der Waals surface area contributed by atoms with Crippen LogP contribution in [0.15, 0.2) is 30.3 Å². The van der Waals surface area contributed by atoms with Crippen molar-refractivity contribution >= 4 is 13.5 Å². The lowest BCUT2D eigenvalue weighted by Crippen LogP contribution is -2.49. The van der Waals surface area contributed by atoms with Crippen molar-refractivity contribution in [3.05, 3.63) is 30.3 Å². The van der Waals surface area contributed by atoms with Gasteiger partial charge < -0.3 is 4.43 Å². The number of unbranched alkanes of at least 4 members (excludes halogenated alkanes) is 1. The fourth-order valence-corrected chi connectivity index (χ4v) is 3.28. The Kier molecular flexibility index (Phi) is 4.86. The second kappa shape index (κ2) is 6.18. The molecule has 0 spiro atoms. The normalized spacial score (nSPS) is 10.4. The highest BCUT2D eigenvalue weighted by molar-refractivity contribution is 6.99. The Bertz CT molecular complexity index is 383. The van der Waals surface area contributed by atoms with Gasteiger partial charge in [0.25, 0.3) is 0 Å². The summed E-state index contributed by atoms with van der Waals surface area (Å²) in [5, 5.41) is 0.983. The first kappa shape index (κ1) is 12.6. The van der Waals surface area contributed by atoms with Crippen molar-refractivity contribution in [2.24, 2.45) is 0 Å². The molecule has 0 N–H and O–H groups in total. The van der Waals surface area contributed by atoms with Gasteiger partial charge in [-0.1, -0.05) is 54.8 Å². The summed E-state index contributed by atoms with van der Waals surface area (Å²) >= 11 is 0. The lowest BCUT2D eigenvalue weighted by Gasteiger charge is -2.20. The molecule has 1 nitrogen and oxygen atoms in total. The van der Waals surface area contributed by atoms with Crippen molar-refractivity contribution < 1.29 is 4.43 Å². The van der Waals surface area contributed by atoms with Crippen LogP contribution in [0.4, 0.5) is 0 Å². The molecule has 0 bridgehead atoms. The molecule has 16 heavy (non-hydrogen) atoms. The van der Waals surface area contributed by atoms with E-state index in [9.17, 15) is 0 Å². The first-order valence-corrected chi connectivity index (χ1v) is 7.35. The van der Waals surface area contributed by atoms with Gasteiger partial charge in [-0.15, -0.1) is 12.8 Å². The average molecular weight is 228 g/mol. The van der Waals surface area contributed by atoms with Gasteiger partial charge in [0, 0.05) is 6.61 Å². The van der Waals surface area contributed by atoms with Crippen LogP contribution in [-0.4, -0.2) is 14.9 Å². The highest BCUT2D eigenvalue weighted by atomic mass is 28.4. The molecule has 2 heteroatoms. The number of terminal acetylenes is 2. The zero-order valence-electron chi connectivity index (χ0n) is 9.57. The maximum Gasteiger partial charge on any atom is 0.386 e. The molecule has 82 valence electrons. The third kappa shape index (κ3) is 2.76. The summed E-state index contributed by atoms with van der Waals surface area (Å²) in [6.07, 6.45) is 13.2. The summed E-state index contributed by atoms with van der Waals surface area (Å²) in [4.78, 5) is 0. The lowest BCUT2D eigenvalue weighted by molar-refractivity contribution is 0.316. The van der Waals surface area contributed by atoms with Gasteiger partial charge in [-0.25, -0.2) is 0 Å². The Morgan fingerprint density at radius 1 is 1.19 bits per heavy atom. The molecular weight excluding hydrogens is 212 g/mol. The molecule has 0 fully saturated rings. The molecule has 1 rings (SSSR count). The predicted octanol–water partition coefficient (Wildman–Crippen LogP) is 2.00. The van der Waals surface area contributed by atoms with Crippen molar-refractivity contribution in [1.29, 1.82) is 0 Å². The van der Waals surface area contributed by atoms with Gasteiger partial charge in [-0.3, -0.25) is 0 Å². The Morgan fingerprint density at radius 3 is 2.31 bits per heavy atom. The van der Waals surface area contributed by atoms with Gasteiger partial charge in [-0.05, 0) is 11.6 Å². The van der Waals surface area contributed by atoms with Crippen LogP contribution in [0.1, 0.15) is 19.8 Å². The van der Waals surface area contributed by atoms with Gasteiger partial charge >= 0.3 is 8.32 Å². The van der Waals surface area contributed by atoms with Crippen LogP contribution in [0.25, 0.3) is 0 Å². The largest absolute Gasteiger partial charge is 0.393 e. The van der Waals surface area contributed by atoms with Crippen LogP contribution >= 0.6 is 0 Å². The van der Waals surface area contributed by atoms with Crippen molar-refractivity contribution in [2.75, 3.05) is 6.61 Å². The SMILES string of the molecule is C#C[Si](C#C)(OCCCC)c1ccccc1. The summed E-state index contributed by atoms with van der Waals surface area (Å²) in [5.41, 5.74) is 5.44. The van der Waals surface area contributed by atoms with Crippen LogP contribution in [0.2, 0.25) is 0 Å². The van der Waals surface area contributed by atoms with Crippen LogP contribution in [0, 0.1) is 23.9 Å². The first-order valence-electron chi connectivity index (χ1n) is 5.44. The number of benzene rings is 1. The standard InChI is InChI=1S/C14H16OSi/c1-4-7-13-15-16(5-2,6-3)14-11-9-8-10-12-14/h2-3,8-12H,4,7,13H2,1H3. The maximum absolute atomic E-state index is 5.82. The van der Waals surface area contributed by atoms with E-state index in [0.29, 0.717) is 6.61 Å². The quantitative estimate of drug-likeness (QED) is 0.425. The minimum absolute atomic E-state index is 0.645. The molecule has 0 heterocycles. The second-order valence-electron chi connectivity index (χ2n) is 3.54. The van der Waals surface area contributed by atoms with Crippen molar-refractivity contribution in [3.63, 3.8) is 0 Å². The molecule has 0 aliphatic rings. The fourth-order valence-electron chi connectivity index (χ4n) is 1.42. The summed E-state index contributed by atoms with van der Waals surface area (Å²) < 4.78 is 5.82. The van der Waals surface area contributed by atoms with Crippen LogP contribution in [0.5, 0.6) is 0 Å². The molecule has 0 radical (unpaired) electrons. The highest BCUT2D eigenvalue weighted by Gasteiger charge is 2.33. The van der Waals surface area contributed by atoms with Gasteiger partial charge in [0.15, 0.2) is 0 Å². The maximum atomic E-state index is 5.82. The van der Waals surface area contributed by atoms with E-state index in [-0.39, 0.29) is 0 Å². The van der Waals surface area contributed by atoms with Crippen LogP contribution < -0.4 is 5.19 Å². The average Bonchev–Trinajstić information content (AvgIpc) is 2.36. The van der Waals surface area contributed by atoms with E-state index in [1.807, 2.05) is 30.3 Å². The zero-order chi connectivity index (χ0) is 11.9. The lowest BCUT2D eigenvalue weighted by atomic mass is 10.4. The molecular formula is C14H16OSi. The molecule has 1 aromatic carbocycles. The molecule has 0 aromatic heterocycles. The molecule has 0 amide bonds. The van der Waals surface area contributed by atoms with E-state index >= 15 is 0 Å². The fraction of sp³-hybridized carbons (Fsp3) is 0.286. The first-order chi connectivity index (χ1) is 7.79. The molecule has 0 saturated heterocycles. The summed E-state index contributed by atoms with van der Waals surface area (Å²) in [6.45, 7) is 2.76. The summed E-state index contributed by atoms with van der Waals surface area (Å²) in [7, 11) is -2.60. The Balaban J connectivity index is 2.91. The van der Waals surface area contributed by atoms with Gasteiger partial charge in [0.05, 0.1) is 0 Å². The van der Waals surface area contributed by atoms with E-state index < -0.39 is 8.32 Å². The van der Waals surface area contributed by atoms with E-state index in [1.54, 1.807) is 0 Å². The number of hydrogen-bond donors (Lipinski definition) is 0. The summed E-state index contributed by atoms with van der Waals surface area (Å²) in [5.74, 6) is 0. The van der Waals surface area contributed by atoms with Crippen molar-refractivity contribution in [1.82, 2.24) is 0 Å².